The van der Waals surface area contributed by atoms with Crippen LogP contribution in [0.1, 0.15) is 24.1 Å². The molecule has 1 aliphatic heterocycles. The van der Waals surface area contributed by atoms with Gasteiger partial charge in [0.15, 0.2) is 0 Å². The van der Waals surface area contributed by atoms with Crippen molar-refractivity contribution in [2.45, 2.75) is 25.3 Å². The van der Waals surface area contributed by atoms with Crippen molar-refractivity contribution in [1.82, 2.24) is 20.3 Å². The fourth-order valence-corrected chi connectivity index (χ4v) is 3.21. The lowest BCUT2D eigenvalue weighted by Crippen LogP contribution is -2.43. The standard InChI is InChI=1S/C20H25N5O2/c26-20(24-27)9-8-17-13-22-19(14-21-17)23-18-7-4-11-25(15-18)12-10-16-5-2-1-3-6-16/h1-3,5-6,8-9,13-14,18,27H,4,7,10-12,15H2,(H,22,23)(H,24,26)/t18-/m1/s1. The minimum atomic E-state index is -0.600. The predicted molar refractivity (Wildman–Crippen MR) is 104 cm³/mol. The Bertz CT molecular complexity index is 749. The molecule has 7 nitrogen and oxygen atoms in total. The zero-order valence-electron chi connectivity index (χ0n) is 15.2. The van der Waals surface area contributed by atoms with Gasteiger partial charge in [0.2, 0.25) is 0 Å². The van der Waals surface area contributed by atoms with Crippen LogP contribution in [0.5, 0.6) is 0 Å². The number of anilines is 1. The lowest BCUT2D eigenvalue weighted by Gasteiger charge is -2.33. The molecule has 142 valence electrons. The van der Waals surface area contributed by atoms with Crippen LogP contribution in [0.4, 0.5) is 5.82 Å². The Morgan fingerprint density at radius 1 is 1.26 bits per heavy atom. The van der Waals surface area contributed by atoms with Crippen molar-refractivity contribution in [2.24, 2.45) is 0 Å². The number of carbonyl (C=O) groups is 1. The van der Waals surface area contributed by atoms with Gasteiger partial charge >= 0.3 is 0 Å². The first kappa shape index (κ1) is 19.0. The molecule has 2 heterocycles. The maximum atomic E-state index is 11.0. The van der Waals surface area contributed by atoms with Gasteiger partial charge in [-0.2, -0.15) is 0 Å². The molecule has 3 rings (SSSR count). The Hall–Kier alpha value is -2.77. The number of rotatable bonds is 7. The van der Waals surface area contributed by atoms with Crippen molar-refractivity contribution in [3.8, 4) is 0 Å². The van der Waals surface area contributed by atoms with E-state index in [9.17, 15) is 4.79 Å². The number of aromatic nitrogens is 2. The Balaban J connectivity index is 1.48. The van der Waals surface area contributed by atoms with Gasteiger partial charge in [0, 0.05) is 25.2 Å². The van der Waals surface area contributed by atoms with Crippen LogP contribution in [0.15, 0.2) is 48.8 Å². The highest BCUT2D eigenvalue weighted by Crippen LogP contribution is 2.15. The fourth-order valence-electron chi connectivity index (χ4n) is 3.21. The first-order valence-electron chi connectivity index (χ1n) is 9.20. The van der Waals surface area contributed by atoms with E-state index in [1.165, 1.54) is 23.2 Å². The first-order chi connectivity index (χ1) is 13.2. The highest BCUT2D eigenvalue weighted by Gasteiger charge is 2.19. The zero-order valence-corrected chi connectivity index (χ0v) is 15.2. The number of piperidine rings is 1. The predicted octanol–water partition coefficient (Wildman–Crippen LogP) is 2.11. The van der Waals surface area contributed by atoms with E-state index in [1.54, 1.807) is 12.4 Å². The summed E-state index contributed by atoms with van der Waals surface area (Å²) >= 11 is 0. The second-order valence-corrected chi connectivity index (χ2v) is 6.66. The molecule has 1 atom stereocenters. The summed E-state index contributed by atoms with van der Waals surface area (Å²) in [5.74, 6) is 0.130. The van der Waals surface area contributed by atoms with Crippen molar-refractivity contribution in [3.63, 3.8) is 0 Å². The number of hydroxylamine groups is 1. The van der Waals surface area contributed by atoms with E-state index in [-0.39, 0.29) is 0 Å². The summed E-state index contributed by atoms with van der Waals surface area (Å²) in [4.78, 5) is 22.1. The number of hydrogen-bond acceptors (Lipinski definition) is 6. The summed E-state index contributed by atoms with van der Waals surface area (Å²) in [5, 5.41) is 11.9. The SMILES string of the molecule is O=C(C=Cc1cnc(N[C@@H]2CCCN(CCc3ccccc3)C2)cn1)NO. The molecule has 0 aliphatic carbocycles. The second-order valence-electron chi connectivity index (χ2n) is 6.66. The smallest absolute Gasteiger partial charge is 0.267 e. The molecule has 1 saturated heterocycles. The average molecular weight is 367 g/mol. The molecular weight excluding hydrogens is 342 g/mol. The molecule has 2 aromatic rings. The molecule has 0 unspecified atom stereocenters. The number of likely N-dealkylation sites (tertiary alicyclic amines) is 1. The normalized spacial score (nSPS) is 17.7. The number of carbonyl (C=O) groups excluding carboxylic acids is 1. The van der Waals surface area contributed by atoms with E-state index in [4.69, 9.17) is 5.21 Å². The number of hydrogen-bond donors (Lipinski definition) is 3. The van der Waals surface area contributed by atoms with E-state index in [1.807, 2.05) is 6.07 Å². The molecular formula is C20H25N5O2. The monoisotopic (exact) mass is 367 g/mol. The van der Waals surface area contributed by atoms with Gasteiger partial charge in [-0.25, -0.2) is 10.5 Å². The molecule has 1 fully saturated rings. The molecule has 0 radical (unpaired) electrons. The molecule has 1 amide bonds. The molecule has 27 heavy (non-hydrogen) atoms. The van der Waals surface area contributed by atoms with Crippen LogP contribution in [0.2, 0.25) is 0 Å². The summed E-state index contributed by atoms with van der Waals surface area (Å²) in [6.07, 6.45) is 9.30. The maximum Gasteiger partial charge on any atom is 0.267 e. The Morgan fingerprint density at radius 2 is 2.11 bits per heavy atom. The molecule has 1 aliphatic rings. The van der Waals surface area contributed by atoms with Crippen molar-refractivity contribution in [2.75, 3.05) is 25.0 Å². The van der Waals surface area contributed by atoms with Crippen LogP contribution < -0.4 is 10.8 Å². The Labute approximate surface area is 159 Å². The lowest BCUT2D eigenvalue weighted by molar-refractivity contribution is -0.124. The van der Waals surface area contributed by atoms with E-state index in [0.29, 0.717) is 11.7 Å². The topological polar surface area (TPSA) is 90.4 Å². The molecule has 1 aromatic heterocycles. The minimum absolute atomic E-state index is 0.352. The van der Waals surface area contributed by atoms with Crippen molar-refractivity contribution >= 4 is 17.8 Å². The molecule has 0 bridgehead atoms. The first-order valence-corrected chi connectivity index (χ1v) is 9.20. The van der Waals surface area contributed by atoms with E-state index < -0.39 is 5.91 Å². The molecule has 0 spiro atoms. The van der Waals surface area contributed by atoms with Gasteiger partial charge in [-0.3, -0.25) is 15.0 Å². The van der Waals surface area contributed by atoms with Crippen LogP contribution in [-0.4, -0.2) is 51.7 Å². The van der Waals surface area contributed by atoms with Crippen LogP contribution in [0.3, 0.4) is 0 Å². The van der Waals surface area contributed by atoms with Gasteiger partial charge in [0.05, 0.1) is 18.1 Å². The van der Waals surface area contributed by atoms with E-state index in [0.717, 1.165) is 44.7 Å². The summed E-state index contributed by atoms with van der Waals surface area (Å²) in [6.45, 7) is 3.19. The number of benzene rings is 1. The molecule has 7 heteroatoms. The lowest BCUT2D eigenvalue weighted by atomic mass is 10.0. The fraction of sp³-hybridized carbons (Fsp3) is 0.350. The van der Waals surface area contributed by atoms with Crippen LogP contribution in [0.25, 0.3) is 6.08 Å². The summed E-state index contributed by atoms with van der Waals surface area (Å²) < 4.78 is 0. The molecule has 1 aromatic carbocycles. The summed E-state index contributed by atoms with van der Waals surface area (Å²) in [7, 11) is 0. The largest absolute Gasteiger partial charge is 0.365 e. The summed E-state index contributed by atoms with van der Waals surface area (Å²) in [5.41, 5.74) is 3.46. The number of nitrogens with one attached hydrogen (secondary N) is 2. The van der Waals surface area contributed by atoms with Crippen LogP contribution in [-0.2, 0) is 11.2 Å². The highest BCUT2D eigenvalue weighted by atomic mass is 16.5. The molecule has 3 N–H and O–H groups in total. The number of nitrogens with zero attached hydrogens (tertiary/aromatic N) is 3. The third kappa shape index (κ3) is 6.16. The quantitative estimate of drug-likeness (QED) is 0.395. The maximum absolute atomic E-state index is 11.0. The van der Waals surface area contributed by atoms with Gasteiger partial charge in [-0.1, -0.05) is 30.3 Å². The van der Waals surface area contributed by atoms with Gasteiger partial charge in [-0.15, -0.1) is 0 Å². The van der Waals surface area contributed by atoms with Crippen LogP contribution in [0, 0.1) is 0 Å². The third-order valence-electron chi connectivity index (χ3n) is 4.60. The van der Waals surface area contributed by atoms with Crippen LogP contribution >= 0.6 is 0 Å². The number of amides is 1. The molecule has 0 saturated carbocycles. The van der Waals surface area contributed by atoms with Crippen molar-refractivity contribution in [1.29, 1.82) is 0 Å². The summed E-state index contributed by atoms with van der Waals surface area (Å²) in [6, 6.07) is 10.9. The minimum Gasteiger partial charge on any atom is -0.365 e. The highest BCUT2D eigenvalue weighted by molar-refractivity contribution is 5.90. The van der Waals surface area contributed by atoms with Gasteiger partial charge in [-0.05, 0) is 37.4 Å². The Kier molecular flexibility index (Phi) is 6.90. The Morgan fingerprint density at radius 3 is 2.85 bits per heavy atom. The van der Waals surface area contributed by atoms with Crippen molar-refractivity contribution < 1.29 is 10.0 Å². The zero-order chi connectivity index (χ0) is 18.9. The van der Waals surface area contributed by atoms with Gasteiger partial charge in [0.25, 0.3) is 5.91 Å². The van der Waals surface area contributed by atoms with E-state index in [2.05, 4.69) is 44.5 Å². The van der Waals surface area contributed by atoms with Crippen molar-refractivity contribution in [3.05, 3.63) is 60.1 Å². The van der Waals surface area contributed by atoms with E-state index >= 15 is 0 Å². The second kappa shape index (κ2) is 9.80. The average Bonchev–Trinajstić information content (AvgIpc) is 2.72. The van der Waals surface area contributed by atoms with Gasteiger partial charge < -0.3 is 10.2 Å². The van der Waals surface area contributed by atoms with Gasteiger partial charge in [0.1, 0.15) is 5.82 Å². The third-order valence-corrected chi connectivity index (χ3v) is 4.60.